The Kier molecular flexibility index (Phi) is 6.54. The third-order valence-electron chi connectivity index (χ3n) is 2.64. The highest BCUT2D eigenvalue weighted by Gasteiger charge is 2.19. The molecule has 0 aliphatic carbocycles. The summed E-state index contributed by atoms with van der Waals surface area (Å²) in [6, 6.07) is 0. The first-order chi connectivity index (χ1) is 9.45. The first-order valence-electron chi connectivity index (χ1n) is 6.58. The highest BCUT2D eigenvalue weighted by Crippen LogP contribution is 2.22. The summed E-state index contributed by atoms with van der Waals surface area (Å²) in [4.78, 5) is 19.9. The van der Waals surface area contributed by atoms with Gasteiger partial charge in [0.2, 0.25) is 5.91 Å². The molecule has 1 heterocycles. The van der Waals surface area contributed by atoms with Crippen LogP contribution in [0.5, 0.6) is 0 Å². The molecule has 0 spiro atoms. The predicted octanol–water partition coefficient (Wildman–Crippen LogP) is 1.05. The van der Waals surface area contributed by atoms with Crippen molar-refractivity contribution in [3.05, 3.63) is 23.8 Å². The Labute approximate surface area is 119 Å². The van der Waals surface area contributed by atoms with Crippen molar-refractivity contribution in [1.29, 1.82) is 0 Å². The number of amides is 1. The van der Waals surface area contributed by atoms with Gasteiger partial charge in [-0.2, -0.15) is 0 Å². The maximum absolute atomic E-state index is 11.6. The molecule has 0 fully saturated rings. The van der Waals surface area contributed by atoms with E-state index in [1.54, 1.807) is 13.3 Å². The van der Waals surface area contributed by atoms with E-state index < -0.39 is 0 Å². The van der Waals surface area contributed by atoms with Crippen molar-refractivity contribution in [2.75, 3.05) is 26.9 Å². The fourth-order valence-corrected chi connectivity index (χ4v) is 1.72. The van der Waals surface area contributed by atoms with Crippen LogP contribution in [-0.2, 0) is 26.2 Å². The normalized spacial score (nSPS) is 11.4. The summed E-state index contributed by atoms with van der Waals surface area (Å²) in [5.74, 6) is -0.162. The third-order valence-corrected chi connectivity index (χ3v) is 2.64. The molecule has 0 bridgehead atoms. The maximum atomic E-state index is 11.6. The minimum absolute atomic E-state index is 0.0297. The molecule has 1 N–H and O–H groups in total. The standard InChI is InChI=1S/C14H23N3O3/c1-14(2,3)13-11(7-15-10-17-13)8-16-12(18)9-20-6-5-19-4/h7,10H,5-6,8-9H2,1-4H3,(H,16,18). The van der Waals surface area contributed by atoms with Crippen molar-refractivity contribution >= 4 is 5.91 Å². The van der Waals surface area contributed by atoms with Crippen molar-refractivity contribution < 1.29 is 14.3 Å². The van der Waals surface area contributed by atoms with Crippen molar-refractivity contribution in [2.24, 2.45) is 0 Å². The Morgan fingerprint density at radius 3 is 2.75 bits per heavy atom. The Morgan fingerprint density at radius 1 is 1.35 bits per heavy atom. The van der Waals surface area contributed by atoms with Crippen LogP contribution in [0.3, 0.4) is 0 Å². The molecule has 1 rings (SSSR count). The SMILES string of the molecule is COCCOCC(=O)NCc1cncnc1C(C)(C)C. The van der Waals surface area contributed by atoms with E-state index in [2.05, 4.69) is 36.1 Å². The lowest BCUT2D eigenvalue weighted by Gasteiger charge is -2.20. The van der Waals surface area contributed by atoms with E-state index in [9.17, 15) is 4.79 Å². The van der Waals surface area contributed by atoms with Crippen LogP contribution in [0.2, 0.25) is 0 Å². The molecule has 112 valence electrons. The highest BCUT2D eigenvalue weighted by atomic mass is 16.5. The minimum atomic E-state index is -0.162. The molecule has 1 aromatic heterocycles. The second kappa shape index (κ2) is 7.91. The molecular formula is C14H23N3O3. The molecule has 6 nitrogen and oxygen atoms in total. The van der Waals surface area contributed by atoms with Gasteiger partial charge in [0, 0.05) is 30.8 Å². The zero-order valence-electron chi connectivity index (χ0n) is 12.6. The summed E-state index contributed by atoms with van der Waals surface area (Å²) >= 11 is 0. The van der Waals surface area contributed by atoms with Crippen LogP contribution >= 0.6 is 0 Å². The van der Waals surface area contributed by atoms with Crippen LogP contribution in [0.15, 0.2) is 12.5 Å². The molecule has 0 saturated carbocycles. The van der Waals surface area contributed by atoms with Gasteiger partial charge in [-0.15, -0.1) is 0 Å². The zero-order chi connectivity index (χ0) is 15.0. The number of rotatable bonds is 7. The number of ether oxygens (including phenoxy) is 2. The lowest BCUT2D eigenvalue weighted by molar-refractivity contribution is -0.126. The lowest BCUT2D eigenvalue weighted by atomic mass is 9.89. The van der Waals surface area contributed by atoms with E-state index in [0.717, 1.165) is 11.3 Å². The number of methoxy groups -OCH3 is 1. The summed E-state index contributed by atoms with van der Waals surface area (Å²) in [6.07, 6.45) is 3.26. The Bertz CT molecular complexity index is 430. The van der Waals surface area contributed by atoms with Crippen molar-refractivity contribution in [3.8, 4) is 0 Å². The number of aromatic nitrogens is 2. The lowest BCUT2D eigenvalue weighted by Crippen LogP contribution is -2.29. The Morgan fingerprint density at radius 2 is 2.10 bits per heavy atom. The number of carbonyl (C=O) groups excluding carboxylic acids is 1. The van der Waals surface area contributed by atoms with E-state index in [1.165, 1.54) is 6.33 Å². The molecule has 0 aliphatic heterocycles. The van der Waals surface area contributed by atoms with E-state index >= 15 is 0 Å². The minimum Gasteiger partial charge on any atom is -0.382 e. The molecular weight excluding hydrogens is 258 g/mol. The average Bonchev–Trinajstić information content (AvgIpc) is 2.40. The van der Waals surface area contributed by atoms with Crippen LogP contribution in [0.4, 0.5) is 0 Å². The largest absolute Gasteiger partial charge is 0.382 e. The fourth-order valence-electron chi connectivity index (χ4n) is 1.72. The van der Waals surface area contributed by atoms with Gasteiger partial charge in [-0.3, -0.25) is 4.79 Å². The molecule has 0 saturated heterocycles. The summed E-state index contributed by atoms with van der Waals surface area (Å²) in [6.45, 7) is 7.55. The first-order valence-corrected chi connectivity index (χ1v) is 6.58. The molecule has 0 atom stereocenters. The molecule has 1 aromatic rings. The van der Waals surface area contributed by atoms with Gasteiger partial charge >= 0.3 is 0 Å². The quantitative estimate of drug-likeness (QED) is 0.756. The Balaban J connectivity index is 2.48. The molecule has 20 heavy (non-hydrogen) atoms. The van der Waals surface area contributed by atoms with E-state index in [-0.39, 0.29) is 17.9 Å². The predicted molar refractivity (Wildman–Crippen MR) is 75.3 cm³/mol. The van der Waals surface area contributed by atoms with Crippen LogP contribution in [0.25, 0.3) is 0 Å². The fraction of sp³-hybridized carbons (Fsp3) is 0.643. The summed E-state index contributed by atoms with van der Waals surface area (Å²) in [5, 5.41) is 2.80. The van der Waals surface area contributed by atoms with Crippen molar-refractivity contribution in [1.82, 2.24) is 15.3 Å². The zero-order valence-corrected chi connectivity index (χ0v) is 12.6. The highest BCUT2D eigenvalue weighted by molar-refractivity contribution is 5.77. The second-order valence-electron chi connectivity index (χ2n) is 5.47. The van der Waals surface area contributed by atoms with Gasteiger partial charge < -0.3 is 14.8 Å². The van der Waals surface area contributed by atoms with Gasteiger partial charge in [0.05, 0.1) is 18.9 Å². The van der Waals surface area contributed by atoms with Crippen LogP contribution < -0.4 is 5.32 Å². The molecule has 0 aromatic carbocycles. The van der Waals surface area contributed by atoms with Crippen molar-refractivity contribution in [3.63, 3.8) is 0 Å². The molecule has 1 amide bonds. The van der Waals surface area contributed by atoms with E-state index in [4.69, 9.17) is 9.47 Å². The maximum Gasteiger partial charge on any atom is 0.246 e. The van der Waals surface area contributed by atoms with Gasteiger partial charge in [0.15, 0.2) is 0 Å². The Hall–Kier alpha value is -1.53. The summed E-state index contributed by atoms with van der Waals surface area (Å²) in [7, 11) is 1.59. The van der Waals surface area contributed by atoms with Gasteiger partial charge in [-0.25, -0.2) is 9.97 Å². The van der Waals surface area contributed by atoms with E-state index in [1.807, 2.05) is 0 Å². The smallest absolute Gasteiger partial charge is 0.246 e. The number of hydrogen-bond donors (Lipinski definition) is 1. The topological polar surface area (TPSA) is 73.3 Å². The molecule has 0 aliphatic rings. The average molecular weight is 281 g/mol. The van der Waals surface area contributed by atoms with Gasteiger partial charge in [0.25, 0.3) is 0 Å². The second-order valence-corrected chi connectivity index (χ2v) is 5.47. The monoisotopic (exact) mass is 281 g/mol. The van der Waals surface area contributed by atoms with Gasteiger partial charge in [0.1, 0.15) is 12.9 Å². The molecule has 0 unspecified atom stereocenters. The molecule has 0 radical (unpaired) electrons. The van der Waals surface area contributed by atoms with Crippen LogP contribution in [0, 0.1) is 0 Å². The van der Waals surface area contributed by atoms with Crippen LogP contribution in [-0.4, -0.2) is 42.8 Å². The van der Waals surface area contributed by atoms with Gasteiger partial charge in [-0.05, 0) is 0 Å². The number of hydrogen-bond acceptors (Lipinski definition) is 5. The van der Waals surface area contributed by atoms with Gasteiger partial charge in [-0.1, -0.05) is 20.8 Å². The first kappa shape index (κ1) is 16.5. The van der Waals surface area contributed by atoms with E-state index in [0.29, 0.717) is 19.8 Å². The number of carbonyl (C=O) groups is 1. The van der Waals surface area contributed by atoms with Crippen molar-refractivity contribution in [2.45, 2.75) is 32.7 Å². The number of nitrogens with one attached hydrogen (secondary N) is 1. The van der Waals surface area contributed by atoms with Crippen LogP contribution in [0.1, 0.15) is 32.0 Å². The summed E-state index contributed by atoms with van der Waals surface area (Å²) < 4.78 is 9.99. The summed E-state index contributed by atoms with van der Waals surface area (Å²) in [5.41, 5.74) is 1.77. The third kappa shape index (κ3) is 5.63. The molecule has 6 heteroatoms. The number of nitrogens with zero attached hydrogens (tertiary/aromatic N) is 2.